The van der Waals surface area contributed by atoms with Crippen molar-refractivity contribution in [2.24, 2.45) is 0 Å². The molecule has 0 N–H and O–H groups in total. The number of aromatic nitrogens is 2. The molecule has 168 valence electrons. The molecule has 7 nitrogen and oxygen atoms in total. The molecule has 33 heavy (non-hydrogen) atoms. The lowest BCUT2D eigenvalue weighted by molar-refractivity contribution is -0.139. The maximum Gasteiger partial charge on any atom is 0.340 e. The van der Waals surface area contributed by atoms with Crippen molar-refractivity contribution < 1.29 is 23.5 Å². The van der Waals surface area contributed by atoms with Crippen LogP contribution in [0.1, 0.15) is 16.1 Å². The number of ether oxygens (including phenoxy) is 2. The Bertz CT molecular complexity index is 1340. The molecule has 1 aromatic carbocycles. The van der Waals surface area contributed by atoms with Crippen LogP contribution in [0.5, 0.6) is 0 Å². The highest BCUT2D eigenvalue weighted by molar-refractivity contribution is 5.98. The van der Waals surface area contributed by atoms with E-state index < -0.39 is 11.8 Å². The van der Waals surface area contributed by atoms with E-state index in [2.05, 4.69) is 9.72 Å². The van der Waals surface area contributed by atoms with Gasteiger partial charge in [0.2, 0.25) is 0 Å². The Morgan fingerprint density at radius 3 is 2.42 bits per heavy atom. The number of hydrogen-bond acceptors (Lipinski definition) is 6. The standard InChI is InChI=1S/C17H12FNO3.C8H9NO2/c1-22-17(21)14-10-13(11-5-4-6-12(18)9-11)16(20)19-8-3-2-7-15(14)19;1-11-8(10)6-7-4-2-3-5-9-7/h2-10H,1H3;2-5H,6H2,1H3. The summed E-state index contributed by atoms with van der Waals surface area (Å²) in [6.45, 7) is 0. The molecule has 0 fully saturated rings. The lowest BCUT2D eigenvalue weighted by Crippen LogP contribution is -2.19. The second-order valence-electron chi connectivity index (χ2n) is 6.81. The first kappa shape index (κ1) is 23.3. The maximum atomic E-state index is 13.4. The van der Waals surface area contributed by atoms with Crippen molar-refractivity contribution in [1.29, 1.82) is 0 Å². The number of carbonyl (C=O) groups is 2. The van der Waals surface area contributed by atoms with Gasteiger partial charge in [-0.25, -0.2) is 9.18 Å². The van der Waals surface area contributed by atoms with Crippen molar-refractivity contribution in [2.75, 3.05) is 14.2 Å². The van der Waals surface area contributed by atoms with Crippen LogP contribution in [0.15, 0.2) is 83.9 Å². The van der Waals surface area contributed by atoms with E-state index in [0.29, 0.717) is 11.1 Å². The minimum Gasteiger partial charge on any atom is -0.469 e. The van der Waals surface area contributed by atoms with Crippen molar-refractivity contribution >= 4 is 17.5 Å². The van der Waals surface area contributed by atoms with Gasteiger partial charge < -0.3 is 9.47 Å². The number of esters is 2. The van der Waals surface area contributed by atoms with Gasteiger partial charge in [0.1, 0.15) is 5.82 Å². The fourth-order valence-electron chi connectivity index (χ4n) is 3.11. The van der Waals surface area contributed by atoms with Gasteiger partial charge in [-0.3, -0.25) is 19.0 Å². The first-order valence-corrected chi connectivity index (χ1v) is 9.90. The molecule has 0 amide bonds. The molecule has 8 heteroatoms. The van der Waals surface area contributed by atoms with Gasteiger partial charge in [0.25, 0.3) is 5.56 Å². The summed E-state index contributed by atoms with van der Waals surface area (Å²) >= 11 is 0. The average Bonchev–Trinajstić information content (AvgIpc) is 2.85. The third-order valence-corrected chi connectivity index (χ3v) is 4.69. The highest BCUT2D eigenvalue weighted by Crippen LogP contribution is 2.21. The SMILES string of the molecule is COC(=O)Cc1ccccn1.COC(=O)c1cc(-c2cccc(F)c2)c(=O)n2ccccc12. The van der Waals surface area contributed by atoms with Gasteiger partial charge in [0, 0.05) is 18.0 Å². The average molecular weight is 448 g/mol. The predicted octanol–water partition coefficient (Wildman–Crippen LogP) is 3.69. The third kappa shape index (κ3) is 5.68. The van der Waals surface area contributed by atoms with Crippen LogP contribution in [-0.4, -0.2) is 35.5 Å². The van der Waals surface area contributed by atoms with Gasteiger partial charge in [0.05, 0.1) is 37.4 Å². The first-order chi connectivity index (χ1) is 15.9. The highest BCUT2D eigenvalue weighted by Gasteiger charge is 2.16. The normalized spacial score (nSPS) is 10.2. The molecule has 0 aliphatic heterocycles. The van der Waals surface area contributed by atoms with Crippen molar-refractivity contribution in [2.45, 2.75) is 6.42 Å². The van der Waals surface area contributed by atoms with Crippen LogP contribution in [0.25, 0.3) is 16.6 Å². The first-order valence-electron chi connectivity index (χ1n) is 9.90. The summed E-state index contributed by atoms with van der Waals surface area (Å²) in [6.07, 6.45) is 3.46. The van der Waals surface area contributed by atoms with E-state index in [9.17, 15) is 18.8 Å². The number of pyridine rings is 3. The van der Waals surface area contributed by atoms with E-state index in [-0.39, 0.29) is 29.1 Å². The summed E-state index contributed by atoms with van der Waals surface area (Å²) in [5, 5.41) is 0. The maximum absolute atomic E-state index is 13.4. The Morgan fingerprint density at radius 2 is 1.76 bits per heavy atom. The van der Waals surface area contributed by atoms with Crippen LogP contribution < -0.4 is 5.56 Å². The molecule has 0 saturated carbocycles. The zero-order chi connectivity index (χ0) is 23.8. The topological polar surface area (TPSA) is 87.0 Å². The van der Waals surface area contributed by atoms with Crippen LogP contribution in [0, 0.1) is 5.82 Å². The second kappa shape index (κ2) is 10.8. The molecule has 4 aromatic rings. The van der Waals surface area contributed by atoms with E-state index in [1.54, 1.807) is 48.8 Å². The second-order valence-corrected chi connectivity index (χ2v) is 6.81. The van der Waals surface area contributed by atoms with Crippen molar-refractivity contribution in [1.82, 2.24) is 9.38 Å². The van der Waals surface area contributed by atoms with Crippen LogP contribution in [0.2, 0.25) is 0 Å². The Morgan fingerprint density at radius 1 is 0.970 bits per heavy atom. The summed E-state index contributed by atoms with van der Waals surface area (Å²) in [7, 11) is 2.64. The Hall–Kier alpha value is -4.33. The third-order valence-electron chi connectivity index (χ3n) is 4.69. The summed E-state index contributed by atoms with van der Waals surface area (Å²) in [5.41, 5.74) is 1.76. The number of carbonyl (C=O) groups excluding carboxylic acids is 2. The van der Waals surface area contributed by atoms with Crippen LogP contribution in [-0.2, 0) is 20.7 Å². The molecule has 0 bridgehead atoms. The molecule has 0 aliphatic rings. The van der Waals surface area contributed by atoms with Crippen molar-refractivity contribution in [3.05, 3.63) is 107 Å². The Balaban J connectivity index is 0.000000235. The van der Waals surface area contributed by atoms with E-state index >= 15 is 0 Å². The number of halogens is 1. The molecule has 0 spiro atoms. The smallest absolute Gasteiger partial charge is 0.340 e. The molecule has 0 atom stereocenters. The van der Waals surface area contributed by atoms with E-state index in [4.69, 9.17) is 4.74 Å². The Labute approximate surface area is 189 Å². The van der Waals surface area contributed by atoms with Gasteiger partial charge in [-0.2, -0.15) is 0 Å². The molecular formula is C25H21FN2O5. The number of rotatable bonds is 4. The quantitative estimate of drug-likeness (QED) is 0.443. The minimum atomic E-state index is -0.554. The van der Waals surface area contributed by atoms with Gasteiger partial charge in [-0.05, 0) is 48.0 Å². The minimum absolute atomic E-state index is 0.239. The van der Waals surface area contributed by atoms with E-state index in [1.807, 2.05) is 6.07 Å². The molecule has 0 radical (unpaired) electrons. The largest absolute Gasteiger partial charge is 0.469 e. The van der Waals surface area contributed by atoms with Gasteiger partial charge >= 0.3 is 11.9 Å². The van der Waals surface area contributed by atoms with Crippen molar-refractivity contribution in [3.63, 3.8) is 0 Å². The number of nitrogens with zero attached hydrogens (tertiary/aromatic N) is 2. The molecule has 3 heterocycles. The lowest BCUT2D eigenvalue weighted by atomic mass is 10.0. The van der Waals surface area contributed by atoms with E-state index in [0.717, 1.165) is 5.69 Å². The molecule has 0 saturated heterocycles. The zero-order valence-corrected chi connectivity index (χ0v) is 18.0. The summed E-state index contributed by atoms with van der Waals surface area (Å²) in [5.74, 6) is -1.26. The fraction of sp³-hybridized carbons (Fsp3) is 0.120. The number of benzene rings is 1. The van der Waals surface area contributed by atoms with E-state index in [1.165, 1.54) is 42.9 Å². The lowest BCUT2D eigenvalue weighted by Gasteiger charge is -2.10. The summed E-state index contributed by atoms with van der Waals surface area (Å²) in [6, 6.07) is 17.6. The fourth-order valence-corrected chi connectivity index (χ4v) is 3.11. The Kier molecular flexibility index (Phi) is 7.64. The number of fused-ring (bicyclic) bond motifs is 1. The molecule has 0 aliphatic carbocycles. The van der Waals surface area contributed by atoms with Gasteiger partial charge in [-0.15, -0.1) is 0 Å². The van der Waals surface area contributed by atoms with Gasteiger partial charge in [-0.1, -0.05) is 24.3 Å². The molecule has 4 rings (SSSR count). The van der Waals surface area contributed by atoms with Crippen LogP contribution >= 0.6 is 0 Å². The van der Waals surface area contributed by atoms with Crippen LogP contribution in [0.4, 0.5) is 4.39 Å². The predicted molar refractivity (Wildman–Crippen MR) is 120 cm³/mol. The molecule has 3 aromatic heterocycles. The number of hydrogen-bond donors (Lipinski definition) is 0. The van der Waals surface area contributed by atoms with Crippen LogP contribution in [0.3, 0.4) is 0 Å². The zero-order valence-electron chi connectivity index (χ0n) is 18.0. The monoisotopic (exact) mass is 448 g/mol. The summed E-state index contributed by atoms with van der Waals surface area (Å²) < 4.78 is 24.0. The summed E-state index contributed by atoms with van der Waals surface area (Å²) in [4.78, 5) is 39.3. The molecular weight excluding hydrogens is 427 g/mol. The number of methoxy groups -OCH3 is 2. The van der Waals surface area contributed by atoms with Gasteiger partial charge in [0.15, 0.2) is 0 Å². The highest BCUT2D eigenvalue weighted by atomic mass is 19.1. The molecule has 0 unspecified atom stereocenters. The van der Waals surface area contributed by atoms with Crippen molar-refractivity contribution in [3.8, 4) is 11.1 Å².